The minimum absolute atomic E-state index is 0.279. The van der Waals surface area contributed by atoms with Crippen LogP contribution in [0.1, 0.15) is 17.0 Å². The van der Waals surface area contributed by atoms with Gasteiger partial charge in [-0.15, -0.1) is 0 Å². The standard InChI is InChI=1S/C11H16N2/c1-8-4-2-3-5-9(8)10-6-13-7-11(10)12/h2-5,10-11,13H,6-7,12H2,1H3. The van der Waals surface area contributed by atoms with E-state index in [1.54, 1.807) is 0 Å². The molecular weight excluding hydrogens is 160 g/mol. The predicted molar refractivity (Wildman–Crippen MR) is 54.8 cm³/mol. The highest BCUT2D eigenvalue weighted by atomic mass is 15.0. The molecule has 0 aromatic heterocycles. The van der Waals surface area contributed by atoms with Crippen molar-refractivity contribution in [2.75, 3.05) is 13.1 Å². The van der Waals surface area contributed by atoms with E-state index in [9.17, 15) is 0 Å². The van der Waals surface area contributed by atoms with Crippen LogP contribution >= 0.6 is 0 Å². The van der Waals surface area contributed by atoms with Gasteiger partial charge >= 0.3 is 0 Å². The number of aryl methyl sites for hydroxylation is 1. The molecule has 1 fully saturated rings. The molecule has 2 nitrogen and oxygen atoms in total. The molecule has 2 heteroatoms. The summed E-state index contributed by atoms with van der Waals surface area (Å²) < 4.78 is 0. The van der Waals surface area contributed by atoms with Crippen molar-refractivity contribution in [1.82, 2.24) is 5.32 Å². The monoisotopic (exact) mass is 176 g/mol. The lowest BCUT2D eigenvalue weighted by Crippen LogP contribution is -2.27. The quantitative estimate of drug-likeness (QED) is 0.670. The van der Waals surface area contributed by atoms with Gasteiger partial charge in [0, 0.05) is 25.0 Å². The molecule has 2 atom stereocenters. The summed E-state index contributed by atoms with van der Waals surface area (Å²) in [5.41, 5.74) is 8.77. The van der Waals surface area contributed by atoms with Crippen molar-refractivity contribution in [2.45, 2.75) is 18.9 Å². The molecule has 70 valence electrons. The van der Waals surface area contributed by atoms with Crippen LogP contribution in [0.5, 0.6) is 0 Å². The summed E-state index contributed by atoms with van der Waals surface area (Å²) in [6, 6.07) is 8.79. The number of rotatable bonds is 1. The van der Waals surface area contributed by atoms with E-state index < -0.39 is 0 Å². The molecule has 0 spiro atoms. The molecule has 0 amide bonds. The van der Waals surface area contributed by atoms with Crippen LogP contribution in [0.4, 0.5) is 0 Å². The fraction of sp³-hybridized carbons (Fsp3) is 0.455. The van der Waals surface area contributed by atoms with Crippen LogP contribution in [0.3, 0.4) is 0 Å². The molecule has 0 aliphatic carbocycles. The Morgan fingerprint density at radius 3 is 2.69 bits per heavy atom. The van der Waals surface area contributed by atoms with E-state index in [0.29, 0.717) is 5.92 Å². The first-order valence-electron chi connectivity index (χ1n) is 4.81. The average Bonchev–Trinajstić information content (AvgIpc) is 2.52. The van der Waals surface area contributed by atoms with Crippen LogP contribution in [0.2, 0.25) is 0 Å². The minimum atomic E-state index is 0.279. The van der Waals surface area contributed by atoms with Crippen LogP contribution < -0.4 is 11.1 Å². The van der Waals surface area contributed by atoms with E-state index >= 15 is 0 Å². The summed E-state index contributed by atoms with van der Waals surface area (Å²) in [7, 11) is 0. The second-order valence-corrected chi connectivity index (χ2v) is 3.79. The van der Waals surface area contributed by atoms with E-state index in [-0.39, 0.29) is 6.04 Å². The average molecular weight is 176 g/mol. The fourth-order valence-electron chi connectivity index (χ4n) is 2.04. The Morgan fingerprint density at radius 1 is 1.31 bits per heavy atom. The highest BCUT2D eigenvalue weighted by Crippen LogP contribution is 2.24. The molecule has 1 saturated heterocycles. The molecule has 2 rings (SSSR count). The third-order valence-electron chi connectivity index (χ3n) is 2.85. The number of hydrogen-bond acceptors (Lipinski definition) is 2. The lowest BCUT2D eigenvalue weighted by Gasteiger charge is -2.16. The van der Waals surface area contributed by atoms with Crippen LogP contribution in [0.25, 0.3) is 0 Å². The van der Waals surface area contributed by atoms with Crippen LogP contribution in [-0.4, -0.2) is 19.1 Å². The van der Waals surface area contributed by atoms with Crippen molar-refractivity contribution in [3.8, 4) is 0 Å². The van der Waals surface area contributed by atoms with Gasteiger partial charge in [-0.3, -0.25) is 0 Å². The van der Waals surface area contributed by atoms with Gasteiger partial charge in [0.15, 0.2) is 0 Å². The number of nitrogens with two attached hydrogens (primary N) is 1. The summed E-state index contributed by atoms with van der Waals surface area (Å²) in [5, 5.41) is 3.32. The van der Waals surface area contributed by atoms with E-state index in [0.717, 1.165) is 13.1 Å². The van der Waals surface area contributed by atoms with Gasteiger partial charge in [-0.05, 0) is 18.1 Å². The molecular formula is C11H16N2. The molecule has 1 aliphatic rings. The van der Waals surface area contributed by atoms with Gasteiger partial charge < -0.3 is 11.1 Å². The van der Waals surface area contributed by atoms with Crippen molar-refractivity contribution in [3.05, 3.63) is 35.4 Å². The van der Waals surface area contributed by atoms with Crippen LogP contribution in [-0.2, 0) is 0 Å². The summed E-state index contributed by atoms with van der Waals surface area (Å²) >= 11 is 0. The Labute approximate surface area is 79.1 Å². The summed E-state index contributed by atoms with van der Waals surface area (Å²) in [4.78, 5) is 0. The number of benzene rings is 1. The first kappa shape index (κ1) is 8.73. The SMILES string of the molecule is Cc1ccccc1C1CNCC1N. The highest BCUT2D eigenvalue weighted by Gasteiger charge is 2.25. The molecule has 0 radical (unpaired) electrons. The third kappa shape index (κ3) is 1.60. The van der Waals surface area contributed by atoms with E-state index in [1.165, 1.54) is 11.1 Å². The van der Waals surface area contributed by atoms with Crippen LogP contribution in [0, 0.1) is 6.92 Å². The first-order valence-corrected chi connectivity index (χ1v) is 4.81. The van der Waals surface area contributed by atoms with E-state index in [2.05, 4.69) is 36.5 Å². The number of hydrogen-bond donors (Lipinski definition) is 2. The van der Waals surface area contributed by atoms with Crippen LogP contribution in [0.15, 0.2) is 24.3 Å². The van der Waals surface area contributed by atoms with Crippen molar-refractivity contribution < 1.29 is 0 Å². The van der Waals surface area contributed by atoms with E-state index in [4.69, 9.17) is 5.73 Å². The Bertz CT molecular complexity index is 296. The van der Waals surface area contributed by atoms with Gasteiger partial charge in [0.1, 0.15) is 0 Å². The summed E-state index contributed by atoms with van der Waals surface area (Å²) in [5.74, 6) is 0.501. The number of nitrogens with one attached hydrogen (secondary N) is 1. The van der Waals surface area contributed by atoms with Crippen molar-refractivity contribution >= 4 is 0 Å². The fourth-order valence-corrected chi connectivity index (χ4v) is 2.04. The molecule has 1 heterocycles. The molecule has 1 aliphatic heterocycles. The second kappa shape index (κ2) is 3.48. The molecule has 2 unspecified atom stereocenters. The van der Waals surface area contributed by atoms with Gasteiger partial charge in [-0.1, -0.05) is 24.3 Å². The molecule has 1 aromatic rings. The maximum absolute atomic E-state index is 6.02. The lowest BCUT2D eigenvalue weighted by atomic mass is 9.91. The maximum Gasteiger partial charge on any atom is 0.0247 e. The van der Waals surface area contributed by atoms with Gasteiger partial charge in [-0.25, -0.2) is 0 Å². The minimum Gasteiger partial charge on any atom is -0.326 e. The topological polar surface area (TPSA) is 38.0 Å². The van der Waals surface area contributed by atoms with E-state index in [1.807, 2.05) is 0 Å². The maximum atomic E-state index is 6.02. The zero-order valence-corrected chi connectivity index (χ0v) is 7.96. The lowest BCUT2D eigenvalue weighted by molar-refractivity contribution is 0.650. The van der Waals surface area contributed by atoms with Crippen molar-refractivity contribution in [2.24, 2.45) is 5.73 Å². The van der Waals surface area contributed by atoms with Crippen molar-refractivity contribution in [3.63, 3.8) is 0 Å². The Balaban J connectivity index is 2.29. The second-order valence-electron chi connectivity index (χ2n) is 3.79. The molecule has 0 bridgehead atoms. The molecule has 3 N–H and O–H groups in total. The zero-order valence-electron chi connectivity index (χ0n) is 7.96. The summed E-state index contributed by atoms with van der Waals surface area (Å²) in [6.45, 7) is 4.12. The third-order valence-corrected chi connectivity index (χ3v) is 2.85. The largest absolute Gasteiger partial charge is 0.326 e. The summed E-state index contributed by atoms with van der Waals surface area (Å²) in [6.07, 6.45) is 0. The normalized spacial score (nSPS) is 27.8. The highest BCUT2D eigenvalue weighted by molar-refractivity contribution is 5.31. The molecule has 13 heavy (non-hydrogen) atoms. The zero-order chi connectivity index (χ0) is 9.26. The first-order chi connectivity index (χ1) is 6.29. The van der Waals surface area contributed by atoms with Gasteiger partial charge in [0.25, 0.3) is 0 Å². The Morgan fingerprint density at radius 2 is 2.08 bits per heavy atom. The Hall–Kier alpha value is -0.860. The molecule has 1 aromatic carbocycles. The molecule has 0 saturated carbocycles. The van der Waals surface area contributed by atoms with Gasteiger partial charge in [0.2, 0.25) is 0 Å². The van der Waals surface area contributed by atoms with Crippen molar-refractivity contribution in [1.29, 1.82) is 0 Å². The van der Waals surface area contributed by atoms with Gasteiger partial charge in [-0.2, -0.15) is 0 Å². The predicted octanol–water partition coefficient (Wildman–Crippen LogP) is 1.01. The van der Waals surface area contributed by atoms with Gasteiger partial charge in [0.05, 0.1) is 0 Å². The Kier molecular flexibility index (Phi) is 2.34. The smallest absolute Gasteiger partial charge is 0.0247 e.